The lowest BCUT2D eigenvalue weighted by molar-refractivity contribution is -0.384. The van der Waals surface area contributed by atoms with Gasteiger partial charge in [0.15, 0.2) is 22.5 Å². The van der Waals surface area contributed by atoms with Crippen molar-refractivity contribution < 1.29 is 19.2 Å². The molecule has 0 radical (unpaired) electrons. The highest BCUT2D eigenvalue weighted by Crippen LogP contribution is 2.32. The number of carbonyl (C=O) groups excluding carboxylic acids is 1. The Kier molecular flexibility index (Phi) is 7.84. The molecule has 1 N–H and O–H groups in total. The second-order valence-corrected chi connectivity index (χ2v) is 9.61. The fourth-order valence-corrected chi connectivity index (χ4v) is 4.93. The summed E-state index contributed by atoms with van der Waals surface area (Å²) in [4.78, 5) is 22.9. The van der Waals surface area contributed by atoms with Crippen LogP contribution < -0.4 is 14.8 Å². The summed E-state index contributed by atoms with van der Waals surface area (Å²) < 4.78 is 12.6. The number of rotatable bonds is 11. The van der Waals surface area contributed by atoms with Crippen molar-refractivity contribution in [2.24, 2.45) is 0 Å². The third-order valence-corrected chi connectivity index (χ3v) is 6.96. The van der Waals surface area contributed by atoms with E-state index < -0.39 is 4.92 Å². The lowest BCUT2D eigenvalue weighted by atomic mass is 10.2. The first-order valence-electron chi connectivity index (χ1n) is 12.1. The first-order chi connectivity index (χ1) is 18.6. The molecule has 1 aliphatic rings. The lowest BCUT2D eigenvalue weighted by Gasteiger charge is -2.10. The van der Waals surface area contributed by atoms with Crippen LogP contribution in [0.2, 0.25) is 0 Å². The number of nitrogens with zero attached hydrogens (tertiary/aromatic N) is 4. The third kappa shape index (κ3) is 5.94. The minimum absolute atomic E-state index is 0.000534. The molecule has 10 nitrogen and oxygen atoms in total. The van der Waals surface area contributed by atoms with Gasteiger partial charge in [0.1, 0.15) is 0 Å². The number of nitro groups is 1. The Morgan fingerprint density at radius 2 is 1.79 bits per heavy atom. The van der Waals surface area contributed by atoms with Crippen LogP contribution in [-0.4, -0.2) is 38.1 Å². The van der Waals surface area contributed by atoms with E-state index in [1.807, 2.05) is 53.1 Å². The van der Waals surface area contributed by atoms with Crippen LogP contribution in [0.3, 0.4) is 0 Å². The number of aromatic nitrogens is 3. The van der Waals surface area contributed by atoms with Crippen molar-refractivity contribution in [1.82, 2.24) is 20.1 Å². The molecule has 3 aromatic carbocycles. The third-order valence-electron chi connectivity index (χ3n) is 5.94. The van der Waals surface area contributed by atoms with Gasteiger partial charge >= 0.3 is 0 Å². The van der Waals surface area contributed by atoms with Gasteiger partial charge in [-0.15, -0.1) is 10.2 Å². The number of benzene rings is 3. The van der Waals surface area contributed by atoms with Gasteiger partial charge in [-0.2, -0.15) is 0 Å². The minimum atomic E-state index is -0.426. The molecule has 0 bridgehead atoms. The summed E-state index contributed by atoms with van der Waals surface area (Å²) >= 11 is 1.56. The maximum Gasteiger partial charge on any atom is 0.269 e. The van der Waals surface area contributed by atoms with Crippen LogP contribution in [0.4, 0.5) is 5.69 Å². The number of unbranched alkanes of at least 4 members (excludes halogenated alkanes) is 1. The first kappa shape index (κ1) is 25.3. The topological polar surface area (TPSA) is 121 Å². The number of ether oxygens (including phenoxy) is 2. The maximum absolute atomic E-state index is 12.3. The van der Waals surface area contributed by atoms with Gasteiger partial charge in [-0.25, -0.2) is 0 Å². The summed E-state index contributed by atoms with van der Waals surface area (Å²) in [6, 6.07) is 21.7. The van der Waals surface area contributed by atoms with Gasteiger partial charge in [0.25, 0.3) is 5.69 Å². The number of fused-ring (bicyclic) bond motifs is 1. The van der Waals surface area contributed by atoms with E-state index in [-0.39, 0.29) is 18.4 Å². The molecule has 5 rings (SSSR count). The lowest BCUT2D eigenvalue weighted by Crippen LogP contribution is -2.22. The summed E-state index contributed by atoms with van der Waals surface area (Å²) in [5.74, 6) is 2.80. The van der Waals surface area contributed by atoms with E-state index in [0.717, 1.165) is 46.3 Å². The summed E-state index contributed by atoms with van der Waals surface area (Å²) in [6.07, 6.45) is 2.01. The Morgan fingerprint density at radius 1 is 1.00 bits per heavy atom. The van der Waals surface area contributed by atoms with E-state index >= 15 is 0 Å². The highest BCUT2D eigenvalue weighted by atomic mass is 32.2. The molecule has 0 aliphatic carbocycles. The van der Waals surface area contributed by atoms with Crippen molar-refractivity contribution in [2.45, 2.75) is 31.0 Å². The molecule has 0 saturated carbocycles. The van der Waals surface area contributed by atoms with E-state index in [0.29, 0.717) is 24.5 Å². The normalized spacial score (nSPS) is 11.9. The van der Waals surface area contributed by atoms with Crippen molar-refractivity contribution in [2.75, 3.05) is 12.5 Å². The number of hydrogen-bond acceptors (Lipinski definition) is 8. The predicted octanol–water partition coefficient (Wildman–Crippen LogP) is 5.15. The highest BCUT2D eigenvalue weighted by molar-refractivity contribution is 7.99. The molecule has 194 valence electrons. The maximum atomic E-state index is 12.3. The van der Waals surface area contributed by atoms with Crippen LogP contribution in [0.25, 0.3) is 17.1 Å². The average Bonchev–Trinajstić information content (AvgIpc) is 3.59. The fourth-order valence-electron chi connectivity index (χ4n) is 3.98. The SMILES string of the molecule is O=C(CCCCSc1nnc(-c2ccc([N+](=O)[O-])cc2)n1-c1ccccc1)NCc1ccc2c(c1)OCO2. The highest BCUT2D eigenvalue weighted by Gasteiger charge is 2.17. The number of nitrogens with one attached hydrogen (secondary N) is 1. The molecule has 0 saturated heterocycles. The van der Waals surface area contributed by atoms with Gasteiger partial charge < -0.3 is 14.8 Å². The molecule has 2 heterocycles. The second kappa shape index (κ2) is 11.8. The van der Waals surface area contributed by atoms with Crippen LogP contribution in [-0.2, 0) is 11.3 Å². The zero-order valence-electron chi connectivity index (χ0n) is 20.4. The molecule has 0 atom stereocenters. The van der Waals surface area contributed by atoms with E-state index in [9.17, 15) is 14.9 Å². The number of non-ortho nitro benzene ring substituents is 1. The Labute approximate surface area is 223 Å². The van der Waals surface area contributed by atoms with Gasteiger partial charge in [-0.1, -0.05) is 36.0 Å². The zero-order chi connectivity index (χ0) is 26.3. The first-order valence-corrected chi connectivity index (χ1v) is 13.1. The van der Waals surface area contributed by atoms with Gasteiger partial charge in [0.2, 0.25) is 12.7 Å². The predicted molar refractivity (Wildman–Crippen MR) is 142 cm³/mol. The Morgan fingerprint density at radius 3 is 2.58 bits per heavy atom. The van der Waals surface area contributed by atoms with Crippen LogP contribution in [0, 0.1) is 10.1 Å². The number of nitro benzene ring substituents is 1. The number of hydrogen-bond donors (Lipinski definition) is 1. The van der Waals surface area contributed by atoms with E-state index in [2.05, 4.69) is 15.5 Å². The van der Waals surface area contributed by atoms with Crippen molar-refractivity contribution in [1.29, 1.82) is 0 Å². The minimum Gasteiger partial charge on any atom is -0.454 e. The Balaban J connectivity index is 1.15. The van der Waals surface area contributed by atoms with Crippen LogP contribution >= 0.6 is 11.8 Å². The quantitative estimate of drug-likeness (QED) is 0.122. The van der Waals surface area contributed by atoms with Crippen molar-refractivity contribution in [3.8, 4) is 28.6 Å². The monoisotopic (exact) mass is 531 g/mol. The standard InChI is InChI=1S/C27H25N5O5S/c33-25(28-17-19-9-14-23-24(16-19)37-18-36-23)8-4-5-15-38-27-30-29-26(31(27)21-6-2-1-3-7-21)20-10-12-22(13-11-20)32(34)35/h1-3,6-7,9-14,16H,4-5,8,15,17-18H2,(H,28,33). The van der Waals surface area contributed by atoms with Gasteiger partial charge in [0.05, 0.1) is 4.92 Å². The van der Waals surface area contributed by atoms with Crippen LogP contribution in [0.5, 0.6) is 11.5 Å². The molecule has 0 spiro atoms. The van der Waals surface area contributed by atoms with E-state index in [1.54, 1.807) is 23.9 Å². The average molecular weight is 532 g/mol. The molecule has 4 aromatic rings. The molecular formula is C27H25N5O5S. The molecule has 11 heteroatoms. The molecule has 1 aromatic heterocycles. The van der Waals surface area contributed by atoms with Crippen LogP contribution in [0.1, 0.15) is 24.8 Å². The molecule has 0 fully saturated rings. The van der Waals surface area contributed by atoms with E-state index in [1.165, 1.54) is 12.1 Å². The summed E-state index contributed by atoms with van der Waals surface area (Å²) in [5, 5.41) is 23.5. The Bertz CT molecular complexity index is 1430. The summed E-state index contributed by atoms with van der Waals surface area (Å²) in [5.41, 5.74) is 2.62. The van der Waals surface area contributed by atoms with Crippen molar-refractivity contribution >= 4 is 23.4 Å². The summed E-state index contributed by atoms with van der Waals surface area (Å²) in [6.45, 7) is 0.666. The summed E-state index contributed by atoms with van der Waals surface area (Å²) in [7, 11) is 0. The van der Waals surface area contributed by atoms with E-state index in [4.69, 9.17) is 9.47 Å². The molecular weight excluding hydrogens is 506 g/mol. The molecule has 38 heavy (non-hydrogen) atoms. The molecule has 0 unspecified atom stereocenters. The zero-order valence-corrected chi connectivity index (χ0v) is 21.2. The number of thioether (sulfide) groups is 1. The van der Waals surface area contributed by atoms with Gasteiger partial charge in [-0.3, -0.25) is 19.5 Å². The van der Waals surface area contributed by atoms with Crippen molar-refractivity contribution in [3.63, 3.8) is 0 Å². The number of amides is 1. The fraction of sp³-hybridized carbons (Fsp3) is 0.222. The van der Waals surface area contributed by atoms with Gasteiger partial charge in [0, 0.05) is 42.1 Å². The van der Waals surface area contributed by atoms with Crippen molar-refractivity contribution in [3.05, 3.63) is 88.5 Å². The molecule has 1 amide bonds. The van der Waals surface area contributed by atoms with Gasteiger partial charge in [-0.05, 0) is 54.8 Å². The van der Waals surface area contributed by atoms with Crippen LogP contribution in [0.15, 0.2) is 78.0 Å². The second-order valence-electron chi connectivity index (χ2n) is 8.55. The number of carbonyl (C=O) groups is 1. The Hall–Kier alpha value is -4.38. The smallest absolute Gasteiger partial charge is 0.269 e. The number of para-hydroxylation sites is 1. The largest absolute Gasteiger partial charge is 0.454 e. The molecule has 1 aliphatic heterocycles.